The Kier molecular flexibility index (Phi) is 3.31. The first-order valence-electron chi connectivity index (χ1n) is 6.82. The first-order chi connectivity index (χ1) is 9.16. The number of hydrogen-bond acceptors (Lipinski definition) is 2. The van der Waals surface area contributed by atoms with E-state index in [-0.39, 0.29) is 12.7 Å². The molecule has 19 heavy (non-hydrogen) atoms. The van der Waals surface area contributed by atoms with Gasteiger partial charge in [-0.05, 0) is 43.2 Å². The Morgan fingerprint density at radius 1 is 1.32 bits per heavy atom. The van der Waals surface area contributed by atoms with Gasteiger partial charge in [-0.25, -0.2) is 8.78 Å². The second-order valence-electron chi connectivity index (χ2n) is 5.79. The lowest BCUT2D eigenvalue weighted by atomic mass is 9.74. The maximum Gasteiger partial charge on any atom is 0.162 e. The zero-order valence-corrected chi connectivity index (χ0v) is 10.7. The number of aliphatic hydroxyl groups is 1. The molecule has 3 rings (SSSR count). The van der Waals surface area contributed by atoms with E-state index in [2.05, 4.69) is 0 Å². The highest BCUT2D eigenvalue weighted by Gasteiger charge is 2.50. The van der Waals surface area contributed by atoms with Crippen LogP contribution in [0.1, 0.15) is 24.8 Å². The van der Waals surface area contributed by atoms with E-state index in [1.165, 1.54) is 6.07 Å². The van der Waals surface area contributed by atoms with Gasteiger partial charge in [-0.1, -0.05) is 12.1 Å². The van der Waals surface area contributed by atoms with Crippen LogP contribution in [0.2, 0.25) is 0 Å². The highest BCUT2D eigenvalue weighted by molar-refractivity contribution is 5.22. The Morgan fingerprint density at radius 3 is 2.79 bits per heavy atom. The van der Waals surface area contributed by atoms with Gasteiger partial charge in [0.05, 0.1) is 12.7 Å². The Morgan fingerprint density at radius 2 is 2.11 bits per heavy atom. The summed E-state index contributed by atoms with van der Waals surface area (Å²) in [7, 11) is 0. The largest absolute Gasteiger partial charge is 0.396 e. The average molecular weight is 268 g/mol. The van der Waals surface area contributed by atoms with Crippen molar-refractivity contribution < 1.29 is 18.6 Å². The molecular formula is C15H18F2O2. The summed E-state index contributed by atoms with van der Waals surface area (Å²) >= 11 is 0. The van der Waals surface area contributed by atoms with E-state index in [9.17, 15) is 13.9 Å². The third-order valence-electron chi connectivity index (χ3n) is 4.44. The van der Waals surface area contributed by atoms with Crippen LogP contribution in [0.3, 0.4) is 0 Å². The molecule has 1 aromatic carbocycles. The van der Waals surface area contributed by atoms with E-state index >= 15 is 0 Å². The molecule has 2 nitrogen and oxygen atoms in total. The van der Waals surface area contributed by atoms with Crippen molar-refractivity contribution in [2.45, 2.75) is 31.8 Å². The van der Waals surface area contributed by atoms with E-state index < -0.39 is 17.0 Å². The van der Waals surface area contributed by atoms with Gasteiger partial charge in [0.1, 0.15) is 0 Å². The molecule has 1 heterocycles. The van der Waals surface area contributed by atoms with Crippen molar-refractivity contribution in [2.24, 2.45) is 11.3 Å². The van der Waals surface area contributed by atoms with Crippen LogP contribution in [-0.2, 0) is 11.2 Å². The number of ether oxygens (including phenoxy) is 1. The molecule has 0 amide bonds. The van der Waals surface area contributed by atoms with Crippen LogP contribution in [0.15, 0.2) is 18.2 Å². The number of benzene rings is 1. The highest BCUT2D eigenvalue weighted by atomic mass is 19.2. The Bertz CT molecular complexity index is 473. The van der Waals surface area contributed by atoms with Crippen molar-refractivity contribution in [3.8, 4) is 0 Å². The SMILES string of the molecule is OCC1(Cc2cccc(F)c2F)CCOC1C1CC1. The molecule has 2 aliphatic rings. The van der Waals surface area contributed by atoms with Crippen molar-refractivity contribution in [2.75, 3.05) is 13.2 Å². The smallest absolute Gasteiger partial charge is 0.162 e. The molecule has 0 radical (unpaired) electrons. The zero-order chi connectivity index (χ0) is 13.5. The molecule has 104 valence electrons. The lowest BCUT2D eigenvalue weighted by Crippen LogP contribution is -2.38. The predicted molar refractivity (Wildman–Crippen MR) is 66.7 cm³/mol. The van der Waals surface area contributed by atoms with Gasteiger partial charge in [0.2, 0.25) is 0 Å². The van der Waals surface area contributed by atoms with Crippen molar-refractivity contribution >= 4 is 0 Å². The summed E-state index contributed by atoms with van der Waals surface area (Å²) in [5.74, 6) is -1.14. The lowest BCUT2D eigenvalue weighted by molar-refractivity contribution is 0.000144. The fourth-order valence-electron chi connectivity index (χ4n) is 3.22. The minimum Gasteiger partial charge on any atom is -0.396 e. The average Bonchev–Trinajstić information content (AvgIpc) is 3.17. The highest BCUT2D eigenvalue weighted by Crippen LogP contribution is 2.49. The summed E-state index contributed by atoms with van der Waals surface area (Å²) in [5, 5.41) is 9.79. The number of aliphatic hydroxyl groups excluding tert-OH is 1. The molecule has 1 aliphatic heterocycles. The first-order valence-corrected chi connectivity index (χ1v) is 6.82. The minimum absolute atomic E-state index is 0.0137. The summed E-state index contributed by atoms with van der Waals surface area (Å²) in [6.07, 6.45) is 3.26. The van der Waals surface area contributed by atoms with Crippen LogP contribution in [0, 0.1) is 23.0 Å². The number of rotatable bonds is 4. The molecule has 1 aromatic rings. The predicted octanol–water partition coefficient (Wildman–Crippen LogP) is 2.68. The van der Waals surface area contributed by atoms with Gasteiger partial charge in [-0.15, -0.1) is 0 Å². The van der Waals surface area contributed by atoms with E-state index in [0.717, 1.165) is 18.9 Å². The van der Waals surface area contributed by atoms with Crippen molar-refractivity contribution in [1.82, 2.24) is 0 Å². The molecule has 4 heteroatoms. The Labute approximate surface area is 111 Å². The van der Waals surface area contributed by atoms with Crippen LogP contribution in [0.4, 0.5) is 8.78 Å². The zero-order valence-electron chi connectivity index (χ0n) is 10.7. The fourth-order valence-corrected chi connectivity index (χ4v) is 3.22. The van der Waals surface area contributed by atoms with Gasteiger partial charge in [-0.3, -0.25) is 0 Å². The maximum atomic E-state index is 13.8. The molecule has 1 N–H and O–H groups in total. The van der Waals surface area contributed by atoms with Gasteiger partial charge < -0.3 is 9.84 Å². The van der Waals surface area contributed by atoms with E-state index in [1.54, 1.807) is 6.07 Å². The van der Waals surface area contributed by atoms with Crippen molar-refractivity contribution in [3.63, 3.8) is 0 Å². The minimum atomic E-state index is -0.826. The van der Waals surface area contributed by atoms with E-state index in [0.29, 0.717) is 30.9 Å². The molecule has 2 atom stereocenters. The van der Waals surface area contributed by atoms with E-state index in [1.807, 2.05) is 0 Å². The number of hydrogen-bond donors (Lipinski definition) is 1. The maximum absolute atomic E-state index is 13.8. The molecule has 1 aliphatic carbocycles. The van der Waals surface area contributed by atoms with Crippen molar-refractivity contribution in [3.05, 3.63) is 35.4 Å². The topological polar surface area (TPSA) is 29.5 Å². The molecule has 2 unspecified atom stereocenters. The third-order valence-corrected chi connectivity index (χ3v) is 4.44. The molecule has 0 bridgehead atoms. The summed E-state index contributed by atoms with van der Waals surface area (Å²) in [5.41, 5.74) is -0.110. The van der Waals surface area contributed by atoms with Gasteiger partial charge >= 0.3 is 0 Å². The second kappa shape index (κ2) is 4.84. The molecule has 0 spiro atoms. The normalized spacial score (nSPS) is 30.8. The lowest BCUT2D eigenvalue weighted by Gasteiger charge is -2.32. The standard InChI is InChI=1S/C15H18F2O2/c16-12-3-1-2-11(13(12)17)8-15(9-18)6-7-19-14(15)10-4-5-10/h1-3,10,14,18H,4-9H2. The second-order valence-corrected chi connectivity index (χ2v) is 5.79. The molecule has 0 aromatic heterocycles. The van der Waals surface area contributed by atoms with Crippen LogP contribution in [-0.4, -0.2) is 24.4 Å². The summed E-state index contributed by atoms with van der Waals surface area (Å²) in [6.45, 7) is 0.558. The van der Waals surface area contributed by atoms with Crippen LogP contribution >= 0.6 is 0 Å². The van der Waals surface area contributed by atoms with Gasteiger partial charge in [0.15, 0.2) is 11.6 Å². The monoisotopic (exact) mass is 268 g/mol. The van der Waals surface area contributed by atoms with Crippen LogP contribution in [0.5, 0.6) is 0 Å². The van der Waals surface area contributed by atoms with Gasteiger partial charge in [-0.2, -0.15) is 0 Å². The molecular weight excluding hydrogens is 250 g/mol. The Hall–Kier alpha value is -1.00. The van der Waals surface area contributed by atoms with Gasteiger partial charge in [0.25, 0.3) is 0 Å². The summed E-state index contributed by atoms with van der Waals surface area (Å²) in [6, 6.07) is 4.23. The quantitative estimate of drug-likeness (QED) is 0.909. The molecule has 1 saturated carbocycles. The molecule has 2 fully saturated rings. The summed E-state index contributed by atoms with van der Waals surface area (Å²) < 4.78 is 32.8. The van der Waals surface area contributed by atoms with Crippen LogP contribution < -0.4 is 0 Å². The van der Waals surface area contributed by atoms with Crippen molar-refractivity contribution in [1.29, 1.82) is 0 Å². The van der Waals surface area contributed by atoms with Gasteiger partial charge in [0, 0.05) is 12.0 Å². The van der Waals surface area contributed by atoms with E-state index in [4.69, 9.17) is 4.74 Å². The Balaban J connectivity index is 1.88. The van der Waals surface area contributed by atoms with Crippen LogP contribution in [0.25, 0.3) is 0 Å². The third kappa shape index (κ3) is 2.28. The number of halogens is 2. The first kappa shape index (κ1) is 13.0. The summed E-state index contributed by atoms with van der Waals surface area (Å²) in [4.78, 5) is 0. The fraction of sp³-hybridized carbons (Fsp3) is 0.600. The molecule has 1 saturated heterocycles.